The van der Waals surface area contributed by atoms with Crippen LogP contribution >= 0.6 is 11.3 Å². The van der Waals surface area contributed by atoms with Crippen LogP contribution in [0.5, 0.6) is 11.5 Å². The topological polar surface area (TPSA) is 99.4 Å². The molecule has 4 aromatic rings. The van der Waals surface area contributed by atoms with Gasteiger partial charge in [0, 0.05) is 44.4 Å². The summed E-state index contributed by atoms with van der Waals surface area (Å²) in [6.45, 7) is 3.27. The minimum absolute atomic E-state index is 0.119. The molecule has 39 heavy (non-hydrogen) atoms. The average Bonchev–Trinajstić information content (AvgIpc) is 3.29. The van der Waals surface area contributed by atoms with Gasteiger partial charge in [0.05, 0.1) is 35.9 Å². The molecule has 0 aliphatic rings. The summed E-state index contributed by atoms with van der Waals surface area (Å²) in [6, 6.07) is 19.0. The van der Waals surface area contributed by atoms with Crippen molar-refractivity contribution >= 4 is 37.5 Å². The van der Waals surface area contributed by atoms with Crippen LogP contribution in [0.15, 0.2) is 76.6 Å². The van der Waals surface area contributed by atoms with Gasteiger partial charge in [-0.15, -0.1) is 0 Å². The monoisotopic (exact) mass is 569 g/mol. The summed E-state index contributed by atoms with van der Waals surface area (Å²) in [6.07, 6.45) is 0. The minimum atomic E-state index is -3.75. The Hall–Kier alpha value is -3.51. The Bertz CT molecular complexity index is 1610. The maximum Gasteiger partial charge on any atom is 0.279 e. The zero-order valence-electron chi connectivity index (χ0n) is 22.3. The van der Waals surface area contributed by atoms with E-state index < -0.39 is 15.9 Å². The molecule has 0 fully saturated rings. The Kier molecular flexibility index (Phi) is 9.18. The van der Waals surface area contributed by atoms with E-state index in [0.29, 0.717) is 36.0 Å². The maximum atomic E-state index is 13.3. The number of carbonyl (C=O) groups is 1. The van der Waals surface area contributed by atoms with Crippen molar-refractivity contribution in [1.82, 2.24) is 8.87 Å². The number of nitrogens with zero attached hydrogens (tertiary/aromatic N) is 3. The zero-order chi connectivity index (χ0) is 28.0. The lowest BCUT2D eigenvalue weighted by Crippen LogP contribution is -2.30. The van der Waals surface area contributed by atoms with Crippen LogP contribution in [-0.2, 0) is 27.8 Å². The Morgan fingerprint density at radius 3 is 2.26 bits per heavy atom. The van der Waals surface area contributed by atoms with Crippen LogP contribution in [0.2, 0.25) is 0 Å². The van der Waals surface area contributed by atoms with E-state index in [0.717, 1.165) is 15.8 Å². The first-order valence-corrected chi connectivity index (χ1v) is 14.6. The van der Waals surface area contributed by atoms with Crippen molar-refractivity contribution in [3.05, 3.63) is 82.7 Å². The molecule has 0 atom stereocenters. The number of ether oxygens (including phenoxy) is 3. The standard InChI is InChI=1S/C28H31N3O6S2/c1-5-30(19-20-9-7-6-8-10-20)39(33,34)22-13-11-21(12-14-22)27(32)29-28-31(15-16-35-2)23-17-24(36-3)25(37-4)18-26(23)38-28/h6-14,17-18H,5,15-16,19H2,1-4H3. The molecule has 0 unspecified atom stereocenters. The van der Waals surface area contributed by atoms with Crippen molar-refractivity contribution in [2.75, 3.05) is 34.5 Å². The van der Waals surface area contributed by atoms with E-state index >= 15 is 0 Å². The third-order valence-corrected chi connectivity index (χ3v) is 9.17. The summed E-state index contributed by atoms with van der Waals surface area (Å²) in [5, 5.41) is 0. The predicted octanol–water partition coefficient (Wildman–Crippen LogP) is 4.32. The Morgan fingerprint density at radius 1 is 0.974 bits per heavy atom. The highest BCUT2D eigenvalue weighted by molar-refractivity contribution is 7.89. The fourth-order valence-electron chi connectivity index (χ4n) is 4.10. The number of carbonyl (C=O) groups excluding carboxylic acids is 1. The number of amides is 1. The van der Waals surface area contributed by atoms with E-state index in [4.69, 9.17) is 14.2 Å². The van der Waals surface area contributed by atoms with Crippen molar-refractivity contribution in [1.29, 1.82) is 0 Å². The molecule has 9 nitrogen and oxygen atoms in total. The van der Waals surface area contributed by atoms with Gasteiger partial charge in [0.1, 0.15) is 0 Å². The molecule has 0 bridgehead atoms. The number of aromatic nitrogens is 1. The Balaban J connectivity index is 1.65. The fourth-order valence-corrected chi connectivity index (χ4v) is 6.61. The van der Waals surface area contributed by atoms with Gasteiger partial charge in [-0.2, -0.15) is 9.30 Å². The number of methoxy groups -OCH3 is 3. The molecule has 0 aliphatic carbocycles. The van der Waals surface area contributed by atoms with Gasteiger partial charge < -0.3 is 18.8 Å². The molecular weight excluding hydrogens is 538 g/mol. The highest BCUT2D eigenvalue weighted by Crippen LogP contribution is 2.33. The van der Waals surface area contributed by atoms with Gasteiger partial charge in [0.15, 0.2) is 16.3 Å². The first kappa shape index (κ1) is 28.5. The van der Waals surface area contributed by atoms with Crippen LogP contribution in [0, 0.1) is 0 Å². The molecule has 4 rings (SSSR count). The molecule has 206 valence electrons. The largest absolute Gasteiger partial charge is 0.493 e. The van der Waals surface area contributed by atoms with Crippen LogP contribution in [0.3, 0.4) is 0 Å². The smallest absolute Gasteiger partial charge is 0.279 e. The SMILES string of the molecule is CCN(Cc1ccccc1)S(=O)(=O)c1ccc(C(=O)N=c2sc3cc(OC)c(OC)cc3n2CCOC)cc1. The van der Waals surface area contributed by atoms with E-state index in [1.807, 2.05) is 47.0 Å². The summed E-state index contributed by atoms with van der Waals surface area (Å²) in [5.74, 6) is 0.664. The molecule has 11 heteroatoms. The number of thiazole rings is 1. The number of hydrogen-bond acceptors (Lipinski definition) is 7. The van der Waals surface area contributed by atoms with Crippen molar-refractivity contribution in [2.45, 2.75) is 24.9 Å². The molecule has 0 saturated heterocycles. The average molecular weight is 570 g/mol. The molecule has 0 N–H and O–H groups in total. The maximum absolute atomic E-state index is 13.3. The molecule has 0 radical (unpaired) electrons. The molecule has 3 aromatic carbocycles. The second-order valence-electron chi connectivity index (χ2n) is 8.56. The highest BCUT2D eigenvalue weighted by atomic mass is 32.2. The predicted molar refractivity (Wildman–Crippen MR) is 151 cm³/mol. The molecule has 0 spiro atoms. The number of sulfonamides is 1. The van der Waals surface area contributed by atoms with E-state index in [1.165, 1.54) is 39.9 Å². The number of benzene rings is 3. The lowest BCUT2D eigenvalue weighted by atomic mass is 10.2. The van der Waals surface area contributed by atoms with Gasteiger partial charge in [-0.25, -0.2) is 8.42 Å². The molecule has 0 saturated carbocycles. The lowest BCUT2D eigenvalue weighted by Gasteiger charge is -2.20. The molecular formula is C28H31N3O6S2. The van der Waals surface area contributed by atoms with Crippen LogP contribution < -0.4 is 14.3 Å². The third-order valence-electron chi connectivity index (χ3n) is 6.20. The number of rotatable bonds is 11. The van der Waals surface area contributed by atoms with Gasteiger partial charge in [-0.1, -0.05) is 48.6 Å². The second kappa shape index (κ2) is 12.6. The fraction of sp³-hybridized carbons (Fsp3) is 0.286. The second-order valence-corrected chi connectivity index (χ2v) is 11.5. The van der Waals surface area contributed by atoms with Crippen LogP contribution in [0.25, 0.3) is 10.2 Å². The first-order chi connectivity index (χ1) is 18.8. The normalized spacial score (nSPS) is 12.3. The summed E-state index contributed by atoms with van der Waals surface area (Å²) < 4.78 is 46.8. The summed E-state index contributed by atoms with van der Waals surface area (Å²) in [4.78, 5) is 18.1. The highest BCUT2D eigenvalue weighted by Gasteiger charge is 2.23. The Labute approximate surface area is 231 Å². The van der Waals surface area contributed by atoms with Crippen molar-refractivity contribution in [2.24, 2.45) is 4.99 Å². The molecule has 0 aliphatic heterocycles. The van der Waals surface area contributed by atoms with Gasteiger partial charge in [-0.3, -0.25) is 4.79 Å². The lowest BCUT2D eigenvalue weighted by molar-refractivity contribution is 0.0997. The number of fused-ring (bicyclic) bond motifs is 1. The van der Waals surface area contributed by atoms with E-state index in [-0.39, 0.29) is 17.0 Å². The molecule has 1 heterocycles. The van der Waals surface area contributed by atoms with Gasteiger partial charge in [0.2, 0.25) is 10.0 Å². The van der Waals surface area contributed by atoms with E-state index in [9.17, 15) is 13.2 Å². The van der Waals surface area contributed by atoms with Crippen LogP contribution in [0.4, 0.5) is 0 Å². The summed E-state index contributed by atoms with van der Waals surface area (Å²) >= 11 is 1.34. The molecule has 1 amide bonds. The zero-order valence-corrected chi connectivity index (χ0v) is 23.9. The first-order valence-electron chi connectivity index (χ1n) is 12.3. The summed E-state index contributed by atoms with van der Waals surface area (Å²) in [7, 11) is 0.991. The van der Waals surface area contributed by atoms with Gasteiger partial charge >= 0.3 is 0 Å². The quantitative estimate of drug-likeness (QED) is 0.267. The van der Waals surface area contributed by atoms with Crippen molar-refractivity contribution < 1.29 is 27.4 Å². The van der Waals surface area contributed by atoms with E-state index in [1.54, 1.807) is 28.3 Å². The Morgan fingerprint density at radius 2 is 1.64 bits per heavy atom. The van der Waals surface area contributed by atoms with Gasteiger partial charge in [0.25, 0.3) is 5.91 Å². The van der Waals surface area contributed by atoms with Crippen LogP contribution in [0.1, 0.15) is 22.8 Å². The third kappa shape index (κ3) is 6.22. The molecule has 1 aromatic heterocycles. The van der Waals surface area contributed by atoms with Crippen molar-refractivity contribution in [3.8, 4) is 11.5 Å². The summed E-state index contributed by atoms with van der Waals surface area (Å²) in [5.41, 5.74) is 2.01. The van der Waals surface area contributed by atoms with E-state index in [2.05, 4.69) is 4.99 Å². The van der Waals surface area contributed by atoms with Gasteiger partial charge in [-0.05, 0) is 29.8 Å². The van der Waals surface area contributed by atoms with Crippen LogP contribution in [-0.4, -0.2) is 57.7 Å². The minimum Gasteiger partial charge on any atom is -0.493 e. The number of hydrogen-bond donors (Lipinski definition) is 0. The van der Waals surface area contributed by atoms with Crippen molar-refractivity contribution in [3.63, 3.8) is 0 Å².